The Morgan fingerprint density at radius 3 is 2.86 bits per heavy atom. The average molecular weight is 414 g/mol. The van der Waals surface area contributed by atoms with E-state index in [4.69, 9.17) is 9.47 Å². The van der Waals surface area contributed by atoms with Crippen molar-refractivity contribution >= 4 is 5.97 Å². The van der Waals surface area contributed by atoms with Crippen LogP contribution in [-0.4, -0.2) is 23.8 Å². The van der Waals surface area contributed by atoms with Gasteiger partial charge >= 0.3 is 5.97 Å². The molecule has 0 N–H and O–H groups in total. The third kappa shape index (κ3) is 2.97. The molecular weight excluding hydrogens is 395 g/mol. The maximum atomic E-state index is 12.0. The second-order valence-corrected chi connectivity index (χ2v) is 5.41. The molecule has 0 saturated carbocycles. The Labute approximate surface area is 146 Å². The minimum Gasteiger partial charge on any atom is -1.00 e. The van der Waals surface area contributed by atoms with Crippen LogP contribution in [0.15, 0.2) is 36.8 Å². The van der Waals surface area contributed by atoms with Crippen LogP contribution in [0.3, 0.4) is 0 Å². The molecule has 1 aromatic carbocycles. The normalized spacial score (nSPS) is 19.6. The predicted molar refractivity (Wildman–Crippen MR) is 76.2 cm³/mol. The minimum atomic E-state index is -0.327. The second kappa shape index (κ2) is 6.68. The third-order valence-electron chi connectivity index (χ3n) is 3.80. The standard InChI is InChI=1S/C16H19N2O3.HI/c1-11-8-13(12-6-4-5-7-15(12)21-11)18-10-17(2)9-14(18)16(19)20-3;/h4-7,9-11,13H,8H2,1-3H3;1H/q+1;/p-1. The summed E-state index contributed by atoms with van der Waals surface area (Å²) in [5, 5.41) is 0. The fourth-order valence-corrected chi connectivity index (χ4v) is 2.90. The summed E-state index contributed by atoms with van der Waals surface area (Å²) in [6.45, 7) is 2.05. The van der Waals surface area contributed by atoms with Gasteiger partial charge in [-0.1, -0.05) is 18.2 Å². The highest BCUT2D eigenvalue weighted by Crippen LogP contribution is 2.37. The van der Waals surface area contributed by atoms with E-state index in [1.54, 1.807) is 6.20 Å². The Hall–Kier alpha value is -1.57. The Balaban J connectivity index is 0.00000176. The number of benzene rings is 1. The number of aromatic nitrogens is 2. The highest BCUT2D eigenvalue weighted by atomic mass is 127. The van der Waals surface area contributed by atoms with Crippen LogP contribution in [-0.2, 0) is 11.8 Å². The van der Waals surface area contributed by atoms with Crippen molar-refractivity contribution in [1.29, 1.82) is 0 Å². The molecule has 5 nitrogen and oxygen atoms in total. The number of hydrogen-bond donors (Lipinski definition) is 0. The first kappa shape index (κ1) is 16.8. The van der Waals surface area contributed by atoms with Gasteiger partial charge in [-0.3, -0.25) is 0 Å². The van der Waals surface area contributed by atoms with Gasteiger partial charge in [-0.2, -0.15) is 0 Å². The van der Waals surface area contributed by atoms with Gasteiger partial charge in [-0.25, -0.2) is 13.9 Å². The van der Waals surface area contributed by atoms with Crippen LogP contribution in [0.1, 0.15) is 35.4 Å². The topological polar surface area (TPSA) is 44.3 Å². The highest BCUT2D eigenvalue weighted by molar-refractivity contribution is 5.87. The summed E-state index contributed by atoms with van der Waals surface area (Å²) in [5.74, 6) is 0.556. The van der Waals surface area contributed by atoms with Crippen LogP contribution in [0.25, 0.3) is 0 Å². The molecule has 6 heteroatoms. The zero-order valence-electron chi connectivity index (χ0n) is 12.8. The molecule has 1 aliphatic rings. The Morgan fingerprint density at radius 2 is 2.14 bits per heavy atom. The number of ether oxygens (including phenoxy) is 2. The van der Waals surface area contributed by atoms with Crippen molar-refractivity contribution in [3.05, 3.63) is 48.0 Å². The van der Waals surface area contributed by atoms with Crippen LogP contribution in [0.2, 0.25) is 0 Å². The van der Waals surface area contributed by atoms with Gasteiger partial charge in [0.1, 0.15) is 24.1 Å². The molecule has 0 spiro atoms. The minimum absolute atomic E-state index is 0. The maximum Gasteiger partial charge on any atom is 0.382 e. The van der Waals surface area contributed by atoms with E-state index in [2.05, 4.69) is 0 Å². The first-order chi connectivity index (χ1) is 10.1. The van der Waals surface area contributed by atoms with Gasteiger partial charge < -0.3 is 33.5 Å². The number of esters is 1. The molecule has 0 saturated heterocycles. The molecule has 2 atom stereocenters. The number of fused-ring (bicyclic) bond motifs is 1. The smallest absolute Gasteiger partial charge is 0.382 e. The van der Waals surface area contributed by atoms with Gasteiger partial charge in [0, 0.05) is 12.0 Å². The fourth-order valence-electron chi connectivity index (χ4n) is 2.90. The van der Waals surface area contributed by atoms with Gasteiger partial charge in [0.05, 0.1) is 14.2 Å². The van der Waals surface area contributed by atoms with Crippen molar-refractivity contribution in [3.63, 3.8) is 0 Å². The fraction of sp³-hybridized carbons (Fsp3) is 0.375. The molecule has 1 aromatic heterocycles. The number of methoxy groups -OCH3 is 1. The summed E-state index contributed by atoms with van der Waals surface area (Å²) in [6, 6.07) is 8.05. The molecule has 118 valence electrons. The molecule has 2 aromatic rings. The van der Waals surface area contributed by atoms with Gasteiger partial charge in [0.15, 0.2) is 0 Å². The molecule has 3 rings (SSSR count). The largest absolute Gasteiger partial charge is 1.00 e. The summed E-state index contributed by atoms with van der Waals surface area (Å²) < 4.78 is 14.6. The van der Waals surface area contributed by atoms with Crippen LogP contribution >= 0.6 is 0 Å². The van der Waals surface area contributed by atoms with E-state index in [0.29, 0.717) is 5.69 Å². The zero-order valence-corrected chi connectivity index (χ0v) is 15.0. The number of nitrogens with zero attached hydrogens (tertiary/aromatic N) is 2. The van der Waals surface area contributed by atoms with Crippen molar-refractivity contribution in [2.24, 2.45) is 7.05 Å². The average Bonchev–Trinajstić information content (AvgIpc) is 2.87. The summed E-state index contributed by atoms with van der Waals surface area (Å²) in [6.07, 6.45) is 4.62. The number of halogens is 1. The third-order valence-corrected chi connectivity index (χ3v) is 3.80. The van der Waals surface area contributed by atoms with Crippen LogP contribution in [0, 0.1) is 0 Å². The van der Waals surface area contributed by atoms with Crippen LogP contribution < -0.4 is 33.3 Å². The summed E-state index contributed by atoms with van der Waals surface area (Å²) in [7, 11) is 3.30. The molecule has 22 heavy (non-hydrogen) atoms. The van der Waals surface area contributed by atoms with Crippen LogP contribution in [0.4, 0.5) is 0 Å². The number of hydrogen-bond acceptors (Lipinski definition) is 3. The SMILES string of the molecule is COC(=O)c1c[n+](C)cn1C1CC(C)Oc2ccccc21.[I-]. The molecule has 0 fully saturated rings. The van der Waals surface area contributed by atoms with Gasteiger partial charge in [0.2, 0.25) is 6.33 Å². The molecule has 1 aliphatic heterocycles. The van der Waals surface area contributed by atoms with Crippen molar-refractivity contribution in [2.75, 3.05) is 7.11 Å². The number of carbonyl (C=O) groups excluding carboxylic acids is 1. The van der Waals surface area contributed by atoms with Crippen molar-refractivity contribution in [2.45, 2.75) is 25.5 Å². The predicted octanol–water partition coefficient (Wildman–Crippen LogP) is -1.14. The van der Waals surface area contributed by atoms with E-state index in [1.165, 1.54) is 7.11 Å². The van der Waals surface area contributed by atoms with E-state index < -0.39 is 0 Å². The number of rotatable bonds is 2. The van der Waals surface area contributed by atoms with E-state index in [0.717, 1.165) is 17.7 Å². The van der Waals surface area contributed by atoms with Crippen LogP contribution in [0.5, 0.6) is 5.75 Å². The van der Waals surface area contributed by atoms with Crippen molar-refractivity contribution < 1.29 is 42.8 Å². The molecule has 0 aliphatic carbocycles. The number of para-hydroxylation sites is 1. The lowest BCUT2D eigenvalue weighted by Gasteiger charge is -2.28. The van der Waals surface area contributed by atoms with Crippen molar-refractivity contribution in [1.82, 2.24) is 4.57 Å². The summed E-state index contributed by atoms with van der Waals surface area (Å²) in [4.78, 5) is 12.0. The Kier molecular flexibility index (Phi) is 5.10. The summed E-state index contributed by atoms with van der Waals surface area (Å²) >= 11 is 0. The van der Waals surface area contributed by atoms with Gasteiger partial charge in [-0.15, -0.1) is 0 Å². The van der Waals surface area contributed by atoms with Gasteiger partial charge in [-0.05, 0) is 13.0 Å². The van der Waals surface area contributed by atoms with E-state index in [-0.39, 0.29) is 42.1 Å². The lowest BCUT2D eigenvalue weighted by molar-refractivity contribution is -0.671. The molecule has 2 heterocycles. The lowest BCUT2D eigenvalue weighted by Crippen LogP contribution is -3.00. The van der Waals surface area contributed by atoms with E-state index in [9.17, 15) is 4.79 Å². The first-order valence-corrected chi connectivity index (χ1v) is 7.01. The van der Waals surface area contributed by atoms with E-state index in [1.807, 2.05) is 53.7 Å². The number of aryl methyl sites for hydroxylation is 1. The number of imidazole rings is 1. The highest BCUT2D eigenvalue weighted by Gasteiger charge is 2.34. The first-order valence-electron chi connectivity index (χ1n) is 7.01. The second-order valence-electron chi connectivity index (χ2n) is 5.41. The van der Waals surface area contributed by atoms with Gasteiger partial charge in [0.25, 0.3) is 5.69 Å². The molecule has 0 radical (unpaired) electrons. The number of carbonyl (C=O) groups is 1. The molecule has 2 unspecified atom stereocenters. The quantitative estimate of drug-likeness (QED) is 0.355. The molecular formula is C16H19IN2O3. The lowest BCUT2D eigenvalue weighted by atomic mass is 9.96. The Morgan fingerprint density at radius 1 is 1.41 bits per heavy atom. The van der Waals surface area contributed by atoms with E-state index >= 15 is 0 Å². The monoisotopic (exact) mass is 414 g/mol. The maximum absolute atomic E-state index is 12.0. The molecule has 0 bridgehead atoms. The summed E-state index contributed by atoms with van der Waals surface area (Å²) in [5.41, 5.74) is 1.64. The molecule has 0 amide bonds. The zero-order chi connectivity index (χ0) is 15.0. The van der Waals surface area contributed by atoms with Crippen molar-refractivity contribution in [3.8, 4) is 5.75 Å². The Bertz CT molecular complexity index is 684.